The molecule has 4 N–H and O–H groups in total. The summed E-state index contributed by atoms with van der Waals surface area (Å²) in [5.74, 6) is -0.217. The molecule has 0 aliphatic carbocycles. The normalized spacial score (nSPS) is 13.1. The Balaban J connectivity index is 2.87. The highest BCUT2D eigenvalue weighted by Gasteiger charge is 2.17. The fourth-order valence-corrected chi connectivity index (χ4v) is 2.12. The molecule has 0 spiro atoms. The minimum absolute atomic E-state index is 0.00693. The van der Waals surface area contributed by atoms with Crippen molar-refractivity contribution in [2.75, 3.05) is 6.26 Å². The van der Waals surface area contributed by atoms with Gasteiger partial charge in [-0.25, -0.2) is 0 Å². The predicted octanol–water partition coefficient (Wildman–Crippen LogP) is 1.66. The van der Waals surface area contributed by atoms with E-state index < -0.39 is 6.04 Å². The van der Waals surface area contributed by atoms with Gasteiger partial charge in [-0.05, 0) is 24.8 Å². The Labute approximate surface area is 110 Å². The Morgan fingerprint density at radius 2 is 2.22 bits per heavy atom. The largest absolute Gasteiger partial charge is 0.409 e. The van der Waals surface area contributed by atoms with E-state index in [4.69, 9.17) is 10.9 Å². The molecule has 0 aliphatic rings. The van der Waals surface area contributed by atoms with Gasteiger partial charge in [-0.3, -0.25) is 4.79 Å². The average Bonchev–Trinajstić information content (AvgIpc) is 2.43. The first-order valence-corrected chi connectivity index (χ1v) is 6.77. The molecule has 0 heterocycles. The average molecular weight is 267 g/mol. The van der Waals surface area contributed by atoms with Crippen LogP contribution in [0.25, 0.3) is 0 Å². The van der Waals surface area contributed by atoms with E-state index >= 15 is 0 Å². The van der Waals surface area contributed by atoms with Crippen LogP contribution in [0.2, 0.25) is 0 Å². The third-order valence-electron chi connectivity index (χ3n) is 2.54. The van der Waals surface area contributed by atoms with Gasteiger partial charge < -0.3 is 16.3 Å². The molecular weight excluding hydrogens is 250 g/mol. The predicted molar refractivity (Wildman–Crippen MR) is 73.2 cm³/mol. The molecule has 0 saturated carbocycles. The molecule has 1 aromatic rings. The van der Waals surface area contributed by atoms with Gasteiger partial charge in [-0.15, -0.1) is 11.8 Å². The third-order valence-corrected chi connectivity index (χ3v) is 3.33. The minimum Gasteiger partial charge on any atom is -0.409 e. The number of amides is 1. The maximum absolute atomic E-state index is 12.1. The zero-order valence-corrected chi connectivity index (χ0v) is 11.2. The van der Waals surface area contributed by atoms with Crippen molar-refractivity contribution in [2.45, 2.75) is 24.3 Å². The lowest BCUT2D eigenvalue weighted by atomic mass is 10.1. The number of thioether (sulfide) groups is 1. The summed E-state index contributed by atoms with van der Waals surface area (Å²) in [6, 6.07) is 6.85. The second-order valence-corrected chi connectivity index (χ2v) is 4.51. The van der Waals surface area contributed by atoms with Crippen LogP contribution in [0.1, 0.15) is 23.7 Å². The van der Waals surface area contributed by atoms with E-state index in [2.05, 4.69) is 10.5 Å². The van der Waals surface area contributed by atoms with Crippen LogP contribution in [0.3, 0.4) is 0 Å². The summed E-state index contributed by atoms with van der Waals surface area (Å²) in [4.78, 5) is 13.0. The van der Waals surface area contributed by atoms with Crippen molar-refractivity contribution in [1.29, 1.82) is 0 Å². The van der Waals surface area contributed by atoms with Crippen LogP contribution in [0.5, 0.6) is 0 Å². The number of hydrogen-bond donors (Lipinski definition) is 3. The van der Waals surface area contributed by atoms with Crippen molar-refractivity contribution in [1.82, 2.24) is 5.32 Å². The maximum atomic E-state index is 12.1. The molecule has 0 fully saturated rings. The van der Waals surface area contributed by atoms with Crippen LogP contribution in [-0.2, 0) is 0 Å². The maximum Gasteiger partial charge on any atom is 0.253 e. The molecule has 0 bridgehead atoms. The molecule has 1 amide bonds. The highest BCUT2D eigenvalue weighted by Crippen LogP contribution is 2.19. The van der Waals surface area contributed by atoms with Gasteiger partial charge in [-0.1, -0.05) is 24.2 Å². The number of amidine groups is 1. The third kappa shape index (κ3) is 3.40. The Morgan fingerprint density at radius 1 is 1.56 bits per heavy atom. The zero-order chi connectivity index (χ0) is 13.5. The van der Waals surface area contributed by atoms with Crippen molar-refractivity contribution in [3.8, 4) is 0 Å². The molecule has 6 heteroatoms. The fraction of sp³-hybridized carbons (Fsp3) is 0.333. The van der Waals surface area contributed by atoms with E-state index in [1.54, 1.807) is 12.1 Å². The molecule has 5 nitrogen and oxygen atoms in total. The highest BCUT2D eigenvalue weighted by atomic mass is 32.2. The molecule has 98 valence electrons. The van der Waals surface area contributed by atoms with E-state index in [1.807, 2.05) is 25.3 Å². The summed E-state index contributed by atoms with van der Waals surface area (Å²) in [6.45, 7) is 1.85. The Morgan fingerprint density at radius 3 is 2.78 bits per heavy atom. The van der Waals surface area contributed by atoms with E-state index in [1.165, 1.54) is 11.8 Å². The summed E-state index contributed by atoms with van der Waals surface area (Å²) >= 11 is 1.50. The van der Waals surface area contributed by atoms with Gasteiger partial charge >= 0.3 is 0 Å². The molecule has 0 aliphatic heterocycles. The van der Waals surface area contributed by atoms with Gasteiger partial charge in [0.15, 0.2) is 5.84 Å². The van der Waals surface area contributed by atoms with Crippen molar-refractivity contribution in [3.63, 3.8) is 0 Å². The van der Waals surface area contributed by atoms with Crippen LogP contribution in [0, 0.1) is 0 Å². The van der Waals surface area contributed by atoms with Gasteiger partial charge in [0.05, 0.1) is 11.6 Å². The number of nitrogens with zero attached hydrogens (tertiary/aromatic N) is 1. The smallest absolute Gasteiger partial charge is 0.253 e. The number of nitrogens with two attached hydrogens (primary N) is 1. The highest BCUT2D eigenvalue weighted by molar-refractivity contribution is 7.98. The zero-order valence-electron chi connectivity index (χ0n) is 10.4. The van der Waals surface area contributed by atoms with Crippen molar-refractivity contribution in [3.05, 3.63) is 29.8 Å². The van der Waals surface area contributed by atoms with E-state index in [-0.39, 0.29) is 11.7 Å². The van der Waals surface area contributed by atoms with Crippen molar-refractivity contribution < 1.29 is 10.0 Å². The SMILES string of the molecule is CCC(NC(=O)c1ccccc1SC)C(N)=NO. The first kappa shape index (κ1) is 14.4. The van der Waals surface area contributed by atoms with E-state index in [9.17, 15) is 4.79 Å². The molecule has 0 aromatic heterocycles. The molecule has 1 unspecified atom stereocenters. The summed E-state index contributed by atoms with van der Waals surface area (Å²) in [7, 11) is 0. The standard InChI is InChI=1S/C12H17N3O2S/c1-3-9(11(13)15-17)14-12(16)8-6-4-5-7-10(8)18-2/h4-7,9,17H,3H2,1-2H3,(H2,13,15)(H,14,16). The molecule has 1 atom stereocenters. The Bertz CT molecular complexity index is 449. The lowest BCUT2D eigenvalue weighted by molar-refractivity contribution is 0.0942. The van der Waals surface area contributed by atoms with Gasteiger partial charge in [-0.2, -0.15) is 0 Å². The molecule has 0 saturated heterocycles. The topological polar surface area (TPSA) is 87.7 Å². The first-order valence-electron chi connectivity index (χ1n) is 5.55. The first-order chi connectivity index (χ1) is 8.63. The van der Waals surface area contributed by atoms with E-state index in [0.29, 0.717) is 12.0 Å². The van der Waals surface area contributed by atoms with Crippen molar-refractivity contribution in [2.24, 2.45) is 10.9 Å². The second kappa shape index (κ2) is 6.90. The number of carbonyl (C=O) groups is 1. The minimum atomic E-state index is -0.461. The summed E-state index contributed by atoms with van der Waals surface area (Å²) in [5, 5.41) is 14.3. The van der Waals surface area contributed by atoms with Crippen LogP contribution >= 0.6 is 11.8 Å². The van der Waals surface area contributed by atoms with Crippen LogP contribution in [0.15, 0.2) is 34.3 Å². The summed E-state index contributed by atoms with van der Waals surface area (Å²) < 4.78 is 0. The number of carbonyl (C=O) groups excluding carboxylic acids is 1. The Hall–Kier alpha value is -1.69. The van der Waals surface area contributed by atoms with Gasteiger partial charge in [0, 0.05) is 4.90 Å². The van der Waals surface area contributed by atoms with E-state index in [0.717, 1.165) is 4.90 Å². The van der Waals surface area contributed by atoms with Crippen LogP contribution in [-0.4, -0.2) is 29.2 Å². The number of rotatable bonds is 5. The second-order valence-electron chi connectivity index (χ2n) is 3.66. The molecule has 18 heavy (non-hydrogen) atoms. The number of hydrogen-bond acceptors (Lipinski definition) is 4. The van der Waals surface area contributed by atoms with Gasteiger partial charge in [0.2, 0.25) is 0 Å². The summed E-state index contributed by atoms with van der Waals surface area (Å²) in [5.41, 5.74) is 6.10. The monoisotopic (exact) mass is 267 g/mol. The fourth-order valence-electron chi connectivity index (χ4n) is 1.52. The number of oxime groups is 1. The molecule has 0 radical (unpaired) electrons. The quantitative estimate of drug-likeness (QED) is 0.249. The van der Waals surface area contributed by atoms with Gasteiger partial charge in [0.25, 0.3) is 5.91 Å². The number of benzene rings is 1. The Kier molecular flexibility index (Phi) is 5.51. The number of nitrogens with one attached hydrogen (secondary N) is 1. The molecular formula is C12H17N3O2S. The lowest BCUT2D eigenvalue weighted by Crippen LogP contribution is -2.44. The van der Waals surface area contributed by atoms with Crippen LogP contribution < -0.4 is 11.1 Å². The lowest BCUT2D eigenvalue weighted by Gasteiger charge is -2.16. The molecule has 1 aromatic carbocycles. The van der Waals surface area contributed by atoms with Gasteiger partial charge in [0.1, 0.15) is 0 Å². The van der Waals surface area contributed by atoms with Crippen LogP contribution in [0.4, 0.5) is 0 Å². The summed E-state index contributed by atoms with van der Waals surface area (Å²) in [6.07, 6.45) is 2.47. The molecule has 1 rings (SSSR count). The van der Waals surface area contributed by atoms with Crippen molar-refractivity contribution >= 4 is 23.5 Å².